The van der Waals surface area contributed by atoms with Gasteiger partial charge < -0.3 is 25.4 Å². The van der Waals surface area contributed by atoms with Crippen molar-refractivity contribution in [3.63, 3.8) is 0 Å². The summed E-state index contributed by atoms with van der Waals surface area (Å²) in [6, 6.07) is 4.58. The molecule has 116 valence electrons. The maximum absolute atomic E-state index is 11.1. The lowest BCUT2D eigenvalue weighted by molar-refractivity contribution is -0.384. The van der Waals surface area contributed by atoms with Crippen molar-refractivity contribution in [3.05, 3.63) is 33.9 Å². The van der Waals surface area contributed by atoms with Gasteiger partial charge in [-0.25, -0.2) is 0 Å². The lowest BCUT2D eigenvalue weighted by Crippen LogP contribution is -2.58. The number of benzene rings is 1. The Bertz CT molecular complexity index is 537. The molecule has 1 heterocycles. The number of aliphatic hydroxyl groups is 3. The fraction of sp³-hybridized carbons (Fsp3) is 0.538. The zero-order valence-corrected chi connectivity index (χ0v) is 11.6. The summed E-state index contributed by atoms with van der Waals surface area (Å²) in [7, 11) is 0. The molecule has 0 bridgehead atoms. The number of nitro groups is 1. The highest BCUT2D eigenvalue weighted by Gasteiger charge is 2.42. The predicted octanol–water partition coefficient (Wildman–Crippen LogP) is 0.143. The first-order chi connectivity index (χ1) is 9.81. The van der Waals surface area contributed by atoms with Gasteiger partial charge in [0, 0.05) is 6.07 Å². The summed E-state index contributed by atoms with van der Waals surface area (Å²) < 4.78 is 5.36. The number of nitrogens with one attached hydrogen (secondary N) is 1. The molecular formula is C13H18N2O6. The summed E-state index contributed by atoms with van der Waals surface area (Å²) in [4.78, 5) is 10.5. The van der Waals surface area contributed by atoms with Crippen LogP contribution in [0.5, 0.6) is 0 Å². The van der Waals surface area contributed by atoms with E-state index in [1.165, 1.54) is 19.1 Å². The standard InChI is InChI=1S/C13H18N2O6/c1-6-3-4-8(9(5-6)15(19)20)14-13-12(18)11(17)10(16)7(2)21-13/h3-5,7,10-14,16-18H,1-2H3/t7-,10-,11-,12+,13-/m1/s1. The summed E-state index contributed by atoms with van der Waals surface area (Å²) in [6.45, 7) is 3.27. The van der Waals surface area contributed by atoms with Crippen LogP contribution >= 0.6 is 0 Å². The van der Waals surface area contributed by atoms with Gasteiger partial charge in [-0.3, -0.25) is 10.1 Å². The number of ether oxygens (including phenoxy) is 1. The van der Waals surface area contributed by atoms with Crippen LogP contribution in [0.3, 0.4) is 0 Å². The number of nitrogens with zero attached hydrogens (tertiary/aromatic N) is 1. The molecule has 0 radical (unpaired) electrons. The van der Waals surface area contributed by atoms with Crippen LogP contribution in [0.25, 0.3) is 0 Å². The molecule has 2 rings (SSSR count). The highest BCUT2D eigenvalue weighted by atomic mass is 16.6. The number of hydrogen-bond donors (Lipinski definition) is 4. The summed E-state index contributed by atoms with van der Waals surface area (Å²) >= 11 is 0. The van der Waals surface area contributed by atoms with E-state index in [4.69, 9.17) is 4.74 Å². The summed E-state index contributed by atoms with van der Waals surface area (Å²) in [5.41, 5.74) is 0.741. The highest BCUT2D eigenvalue weighted by molar-refractivity contribution is 5.62. The fourth-order valence-electron chi connectivity index (χ4n) is 2.24. The van der Waals surface area contributed by atoms with E-state index in [1.54, 1.807) is 13.0 Å². The zero-order valence-electron chi connectivity index (χ0n) is 11.6. The first kappa shape index (κ1) is 15.6. The molecule has 0 aliphatic carbocycles. The molecule has 0 unspecified atom stereocenters. The molecule has 4 N–H and O–H groups in total. The molecule has 1 aromatic rings. The highest BCUT2D eigenvalue weighted by Crippen LogP contribution is 2.29. The van der Waals surface area contributed by atoms with Crippen LogP contribution < -0.4 is 5.32 Å². The quantitative estimate of drug-likeness (QED) is 0.462. The second kappa shape index (κ2) is 5.94. The van der Waals surface area contributed by atoms with Crippen molar-refractivity contribution in [2.24, 2.45) is 0 Å². The summed E-state index contributed by atoms with van der Waals surface area (Å²) in [5.74, 6) is 0. The summed E-state index contributed by atoms with van der Waals surface area (Å²) in [6.07, 6.45) is -5.79. The number of aryl methyl sites for hydroxylation is 1. The smallest absolute Gasteiger partial charge is 0.292 e. The van der Waals surface area contributed by atoms with Gasteiger partial charge >= 0.3 is 0 Å². The molecule has 1 fully saturated rings. The Morgan fingerprint density at radius 3 is 2.52 bits per heavy atom. The van der Waals surface area contributed by atoms with Crippen LogP contribution in [0, 0.1) is 17.0 Å². The topological polar surface area (TPSA) is 125 Å². The second-order valence-electron chi connectivity index (χ2n) is 5.16. The van der Waals surface area contributed by atoms with Crippen molar-refractivity contribution in [1.82, 2.24) is 0 Å². The molecule has 21 heavy (non-hydrogen) atoms. The van der Waals surface area contributed by atoms with Crippen molar-refractivity contribution in [2.45, 2.75) is 44.5 Å². The van der Waals surface area contributed by atoms with E-state index in [1.807, 2.05) is 0 Å². The van der Waals surface area contributed by atoms with Crippen LogP contribution in [0.2, 0.25) is 0 Å². The minimum absolute atomic E-state index is 0.154. The number of aliphatic hydroxyl groups excluding tert-OH is 3. The normalized spacial score (nSPS) is 32.7. The van der Waals surface area contributed by atoms with Gasteiger partial charge in [0.2, 0.25) is 0 Å². The molecule has 0 spiro atoms. The Morgan fingerprint density at radius 1 is 1.24 bits per heavy atom. The van der Waals surface area contributed by atoms with E-state index in [0.717, 1.165) is 5.56 Å². The third-order valence-corrected chi connectivity index (χ3v) is 3.50. The van der Waals surface area contributed by atoms with E-state index in [-0.39, 0.29) is 11.4 Å². The maximum atomic E-state index is 11.1. The lowest BCUT2D eigenvalue weighted by atomic mass is 9.99. The van der Waals surface area contributed by atoms with Crippen molar-refractivity contribution in [3.8, 4) is 0 Å². The van der Waals surface area contributed by atoms with E-state index >= 15 is 0 Å². The predicted molar refractivity (Wildman–Crippen MR) is 73.8 cm³/mol. The van der Waals surface area contributed by atoms with Gasteiger partial charge in [-0.05, 0) is 25.5 Å². The minimum atomic E-state index is -1.41. The van der Waals surface area contributed by atoms with Gasteiger partial charge in [-0.2, -0.15) is 0 Å². The van der Waals surface area contributed by atoms with E-state index < -0.39 is 35.6 Å². The molecule has 1 saturated heterocycles. The van der Waals surface area contributed by atoms with Crippen molar-refractivity contribution < 1.29 is 25.0 Å². The van der Waals surface area contributed by atoms with Gasteiger partial charge in [0.25, 0.3) is 5.69 Å². The molecule has 0 saturated carbocycles. The molecular weight excluding hydrogens is 280 g/mol. The number of rotatable bonds is 3. The zero-order chi connectivity index (χ0) is 15.7. The monoisotopic (exact) mass is 298 g/mol. The summed E-state index contributed by atoms with van der Waals surface area (Å²) in [5, 5.41) is 43.0. The lowest BCUT2D eigenvalue weighted by Gasteiger charge is -2.39. The van der Waals surface area contributed by atoms with Crippen molar-refractivity contribution in [2.75, 3.05) is 5.32 Å². The van der Waals surface area contributed by atoms with Crippen LogP contribution in [0.1, 0.15) is 12.5 Å². The average Bonchev–Trinajstić information content (AvgIpc) is 2.44. The third kappa shape index (κ3) is 3.13. The van der Waals surface area contributed by atoms with Gasteiger partial charge in [-0.15, -0.1) is 0 Å². The first-order valence-corrected chi connectivity index (χ1v) is 6.52. The Hall–Kier alpha value is -1.74. The van der Waals surface area contributed by atoms with Crippen molar-refractivity contribution >= 4 is 11.4 Å². The van der Waals surface area contributed by atoms with Gasteiger partial charge in [0.05, 0.1) is 11.0 Å². The Labute approximate surface area is 121 Å². The molecule has 5 atom stereocenters. The molecule has 1 aliphatic heterocycles. The Kier molecular flexibility index (Phi) is 4.43. The average molecular weight is 298 g/mol. The van der Waals surface area contributed by atoms with Gasteiger partial charge in [0.15, 0.2) is 6.23 Å². The Balaban J connectivity index is 2.24. The van der Waals surface area contributed by atoms with E-state index in [0.29, 0.717) is 0 Å². The SMILES string of the molecule is Cc1ccc(N[C@@H]2O[C@H](C)[C@@H](O)[C@@H](O)[C@@H]2O)c([N+](=O)[O-])c1. The fourth-order valence-corrected chi connectivity index (χ4v) is 2.24. The number of nitro benzene ring substituents is 1. The van der Waals surface area contributed by atoms with E-state index in [2.05, 4.69) is 5.32 Å². The van der Waals surface area contributed by atoms with Gasteiger partial charge in [-0.1, -0.05) is 6.07 Å². The second-order valence-corrected chi connectivity index (χ2v) is 5.16. The number of hydrogen-bond acceptors (Lipinski definition) is 7. The number of anilines is 1. The third-order valence-electron chi connectivity index (χ3n) is 3.50. The van der Waals surface area contributed by atoms with Crippen LogP contribution in [-0.2, 0) is 4.74 Å². The molecule has 1 aromatic carbocycles. The van der Waals surface area contributed by atoms with Crippen LogP contribution in [-0.4, -0.2) is 50.9 Å². The molecule has 8 heteroatoms. The van der Waals surface area contributed by atoms with Crippen LogP contribution in [0.15, 0.2) is 18.2 Å². The van der Waals surface area contributed by atoms with E-state index in [9.17, 15) is 25.4 Å². The molecule has 1 aliphatic rings. The van der Waals surface area contributed by atoms with Gasteiger partial charge in [0.1, 0.15) is 24.0 Å². The van der Waals surface area contributed by atoms with Crippen LogP contribution in [0.4, 0.5) is 11.4 Å². The minimum Gasteiger partial charge on any atom is -0.388 e. The molecule has 8 nitrogen and oxygen atoms in total. The Morgan fingerprint density at radius 2 is 1.90 bits per heavy atom. The molecule has 0 aromatic heterocycles. The largest absolute Gasteiger partial charge is 0.388 e. The maximum Gasteiger partial charge on any atom is 0.292 e. The molecule has 0 amide bonds. The van der Waals surface area contributed by atoms with Crippen molar-refractivity contribution in [1.29, 1.82) is 0 Å². The first-order valence-electron chi connectivity index (χ1n) is 6.52.